The number of carbonyl (C=O) groups excluding carboxylic acids is 1. The van der Waals surface area contributed by atoms with Gasteiger partial charge in [0.25, 0.3) is 5.91 Å². The van der Waals surface area contributed by atoms with Gasteiger partial charge in [-0.25, -0.2) is 4.98 Å². The van der Waals surface area contributed by atoms with E-state index in [0.717, 1.165) is 12.8 Å². The van der Waals surface area contributed by atoms with Gasteiger partial charge in [0.05, 0.1) is 5.56 Å². The first-order valence-electron chi connectivity index (χ1n) is 6.57. The van der Waals surface area contributed by atoms with Crippen molar-refractivity contribution in [3.63, 3.8) is 0 Å². The van der Waals surface area contributed by atoms with Crippen molar-refractivity contribution in [1.82, 2.24) is 10.3 Å². The summed E-state index contributed by atoms with van der Waals surface area (Å²) in [5.74, 6) is 1.76. The van der Waals surface area contributed by atoms with E-state index in [2.05, 4.69) is 24.1 Å². The Morgan fingerprint density at radius 2 is 1.94 bits per heavy atom. The number of nitrogen functional groups attached to an aromatic ring is 1. The molecule has 1 aromatic heterocycles. The molecule has 4 heteroatoms. The highest BCUT2D eigenvalue weighted by Crippen LogP contribution is 2.28. The van der Waals surface area contributed by atoms with Crippen LogP contribution in [-0.4, -0.2) is 16.9 Å². The molecule has 0 spiro atoms. The Morgan fingerprint density at radius 1 is 1.28 bits per heavy atom. The molecule has 1 saturated carbocycles. The number of carbonyl (C=O) groups is 1. The number of rotatable bonds is 2. The van der Waals surface area contributed by atoms with Gasteiger partial charge in [0, 0.05) is 12.2 Å². The number of nitrogens with one attached hydrogen (secondary N) is 1. The summed E-state index contributed by atoms with van der Waals surface area (Å²) in [5.41, 5.74) is 6.08. The minimum atomic E-state index is -0.0474. The quantitative estimate of drug-likeness (QED) is 0.842. The number of hydrogen-bond acceptors (Lipinski definition) is 3. The van der Waals surface area contributed by atoms with Gasteiger partial charge in [-0.15, -0.1) is 0 Å². The lowest BCUT2D eigenvalue weighted by Gasteiger charge is -2.31. The number of anilines is 1. The van der Waals surface area contributed by atoms with Crippen LogP contribution in [0, 0.1) is 11.8 Å². The molecule has 4 nitrogen and oxygen atoms in total. The van der Waals surface area contributed by atoms with Crippen LogP contribution in [0.15, 0.2) is 18.3 Å². The maximum Gasteiger partial charge on any atom is 0.253 e. The standard InChI is InChI=1S/C14H21N3O/c1-9-5-10(2)7-12(6-9)17-14(18)11-3-4-13(15)16-8-11/h3-4,8-10,12H,5-7H2,1-2H3,(H2,15,16)(H,17,18). The third-order valence-electron chi connectivity index (χ3n) is 3.56. The van der Waals surface area contributed by atoms with E-state index in [9.17, 15) is 4.79 Å². The normalized spacial score (nSPS) is 27.8. The molecular formula is C14H21N3O. The van der Waals surface area contributed by atoms with Crippen LogP contribution in [0.2, 0.25) is 0 Å². The predicted molar refractivity (Wildman–Crippen MR) is 72.1 cm³/mol. The summed E-state index contributed by atoms with van der Waals surface area (Å²) in [6.45, 7) is 4.50. The molecule has 3 N–H and O–H groups in total. The van der Waals surface area contributed by atoms with E-state index in [1.165, 1.54) is 12.6 Å². The molecule has 18 heavy (non-hydrogen) atoms. The van der Waals surface area contributed by atoms with Crippen molar-refractivity contribution in [2.24, 2.45) is 11.8 Å². The minimum absolute atomic E-state index is 0.0474. The van der Waals surface area contributed by atoms with Gasteiger partial charge in [-0.2, -0.15) is 0 Å². The zero-order valence-electron chi connectivity index (χ0n) is 11.0. The lowest BCUT2D eigenvalue weighted by atomic mass is 9.80. The van der Waals surface area contributed by atoms with Crippen LogP contribution in [0.4, 0.5) is 5.82 Å². The highest BCUT2D eigenvalue weighted by Gasteiger charge is 2.25. The zero-order chi connectivity index (χ0) is 13.1. The van der Waals surface area contributed by atoms with E-state index in [-0.39, 0.29) is 11.9 Å². The van der Waals surface area contributed by atoms with Crippen molar-refractivity contribution in [2.45, 2.75) is 39.2 Å². The molecule has 1 aromatic rings. The van der Waals surface area contributed by atoms with Crippen LogP contribution in [0.1, 0.15) is 43.5 Å². The Bertz CT molecular complexity index is 406. The molecule has 1 amide bonds. The van der Waals surface area contributed by atoms with Crippen LogP contribution in [0.3, 0.4) is 0 Å². The van der Waals surface area contributed by atoms with Gasteiger partial charge >= 0.3 is 0 Å². The van der Waals surface area contributed by atoms with Crippen LogP contribution < -0.4 is 11.1 Å². The first-order valence-corrected chi connectivity index (χ1v) is 6.57. The fourth-order valence-corrected chi connectivity index (χ4v) is 2.87. The van der Waals surface area contributed by atoms with Gasteiger partial charge in [-0.1, -0.05) is 13.8 Å². The molecule has 1 heterocycles. The van der Waals surface area contributed by atoms with Crippen molar-refractivity contribution in [2.75, 3.05) is 5.73 Å². The molecule has 2 atom stereocenters. The first-order chi connectivity index (χ1) is 8.54. The third-order valence-corrected chi connectivity index (χ3v) is 3.56. The fraction of sp³-hybridized carbons (Fsp3) is 0.571. The summed E-state index contributed by atoms with van der Waals surface area (Å²) in [7, 11) is 0. The molecule has 0 saturated heterocycles. The Kier molecular flexibility index (Phi) is 3.84. The van der Waals surface area contributed by atoms with Crippen molar-refractivity contribution in [1.29, 1.82) is 0 Å². The lowest BCUT2D eigenvalue weighted by Crippen LogP contribution is -2.40. The Morgan fingerprint density at radius 3 is 2.50 bits per heavy atom. The van der Waals surface area contributed by atoms with Gasteiger partial charge < -0.3 is 11.1 Å². The molecule has 0 radical (unpaired) electrons. The van der Waals surface area contributed by atoms with Crippen LogP contribution in [0.5, 0.6) is 0 Å². The maximum atomic E-state index is 12.0. The van der Waals surface area contributed by atoms with Gasteiger partial charge in [0.2, 0.25) is 0 Å². The van der Waals surface area contributed by atoms with Crippen LogP contribution in [0.25, 0.3) is 0 Å². The number of amides is 1. The summed E-state index contributed by atoms with van der Waals surface area (Å²) in [4.78, 5) is 16.0. The first kappa shape index (κ1) is 12.9. The van der Waals surface area contributed by atoms with Crippen LogP contribution >= 0.6 is 0 Å². The predicted octanol–water partition coefficient (Wildman–Crippen LogP) is 2.22. The summed E-state index contributed by atoms with van der Waals surface area (Å²) >= 11 is 0. The summed E-state index contributed by atoms with van der Waals surface area (Å²) in [6.07, 6.45) is 4.92. The van der Waals surface area contributed by atoms with E-state index < -0.39 is 0 Å². The average molecular weight is 247 g/mol. The van der Waals surface area contributed by atoms with Gasteiger partial charge in [-0.05, 0) is 43.2 Å². The summed E-state index contributed by atoms with van der Waals surface area (Å²) in [6, 6.07) is 3.66. The van der Waals surface area contributed by atoms with Crippen molar-refractivity contribution in [3.8, 4) is 0 Å². The molecule has 0 aromatic carbocycles. The maximum absolute atomic E-state index is 12.0. The molecule has 98 valence electrons. The average Bonchev–Trinajstić information content (AvgIpc) is 2.28. The van der Waals surface area contributed by atoms with Crippen LogP contribution in [-0.2, 0) is 0 Å². The molecule has 0 aliphatic heterocycles. The molecule has 1 fully saturated rings. The van der Waals surface area contributed by atoms with Gasteiger partial charge in [-0.3, -0.25) is 4.79 Å². The Balaban J connectivity index is 1.96. The van der Waals surface area contributed by atoms with Gasteiger partial charge in [0.15, 0.2) is 0 Å². The molecule has 2 rings (SSSR count). The second-order valence-electron chi connectivity index (χ2n) is 5.56. The Labute approximate surface area is 108 Å². The van der Waals surface area contributed by atoms with E-state index in [0.29, 0.717) is 23.2 Å². The van der Waals surface area contributed by atoms with E-state index >= 15 is 0 Å². The number of hydrogen-bond donors (Lipinski definition) is 2. The van der Waals surface area contributed by atoms with E-state index in [1.54, 1.807) is 12.1 Å². The second kappa shape index (κ2) is 5.38. The SMILES string of the molecule is CC1CC(C)CC(NC(=O)c2ccc(N)nc2)C1. The third kappa shape index (κ3) is 3.22. The molecule has 2 unspecified atom stereocenters. The fourth-order valence-electron chi connectivity index (χ4n) is 2.87. The van der Waals surface area contributed by atoms with Gasteiger partial charge in [0.1, 0.15) is 5.82 Å². The number of nitrogens with zero attached hydrogens (tertiary/aromatic N) is 1. The second-order valence-corrected chi connectivity index (χ2v) is 5.56. The topological polar surface area (TPSA) is 68.0 Å². The smallest absolute Gasteiger partial charge is 0.253 e. The lowest BCUT2D eigenvalue weighted by molar-refractivity contribution is 0.0911. The number of aromatic nitrogens is 1. The molecule has 1 aliphatic carbocycles. The molecule has 1 aliphatic rings. The summed E-state index contributed by atoms with van der Waals surface area (Å²) in [5, 5.41) is 3.10. The van der Waals surface area contributed by atoms with Crippen molar-refractivity contribution < 1.29 is 4.79 Å². The highest BCUT2D eigenvalue weighted by molar-refractivity contribution is 5.94. The highest BCUT2D eigenvalue weighted by atomic mass is 16.1. The monoisotopic (exact) mass is 247 g/mol. The largest absolute Gasteiger partial charge is 0.384 e. The Hall–Kier alpha value is -1.58. The molecule has 0 bridgehead atoms. The zero-order valence-corrected chi connectivity index (χ0v) is 11.0. The minimum Gasteiger partial charge on any atom is -0.384 e. The van der Waals surface area contributed by atoms with Crippen molar-refractivity contribution >= 4 is 11.7 Å². The van der Waals surface area contributed by atoms with Crippen molar-refractivity contribution in [3.05, 3.63) is 23.9 Å². The van der Waals surface area contributed by atoms with E-state index in [1.807, 2.05) is 0 Å². The molecular weight excluding hydrogens is 226 g/mol. The van der Waals surface area contributed by atoms with E-state index in [4.69, 9.17) is 5.73 Å². The number of nitrogens with two attached hydrogens (primary N) is 1. The summed E-state index contributed by atoms with van der Waals surface area (Å²) < 4.78 is 0. The number of pyridine rings is 1.